The summed E-state index contributed by atoms with van der Waals surface area (Å²) >= 11 is 0. The SMILES string of the molecule is CCOc1ccc(C2NC3(CC3)C(=O)N2C2CC2C)cc1. The number of carbonyl (C=O) groups excluding carboxylic acids is 1. The second-order valence-corrected chi connectivity index (χ2v) is 6.62. The predicted molar refractivity (Wildman–Crippen MR) is 79.9 cm³/mol. The van der Waals surface area contributed by atoms with Gasteiger partial charge in [-0.25, -0.2) is 0 Å². The van der Waals surface area contributed by atoms with E-state index in [2.05, 4.69) is 29.3 Å². The molecular formula is C17H22N2O2. The molecule has 3 aliphatic rings. The molecule has 0 aromatic heterocycles. The molecule has 4 heteroatoms. The van der Waals surface area contributed by atoms with E-state index in [-0.39, 0.29) is 11.7 Å². The number of hydrogen-bond acceptors (Lipinski definition) is 3. The van der Waals surface area contributed by atoms with Gasteiger partial charge in [-0.15, -0.1) is 0 Å². The Morgan fingerprint density at radius 1 is 1.33 bits per heavy atom. The lowest BCUT2D eigenvalue weighted by atomic mass is 10.1. The molecule has 1 N–H and O–H groups in total. The molecule has 3 unspecified atom stereocenters. The summed E-state index contributed by atoms with van der Waals surface area (Å²) in [7, 11) is 0. The molecular weight excluding hydrogens is 264 g/mol. The van der Waals surface area contributed by atoms with Crippen LogP contribution in [0.4, 0.5) is 0 Å². The average molecular weight is 286 g/mol. The van der Waals surface area contributed by atoms with Crippen LogP contribution in [0, 0.1) is 5.92 Å². The van der Waals surface area contributed by atoms with E-state index in [0.29, 0.717) is 24.5 Å². The molecule has 0 radical (unpaired) electrons. The summed E-state index contributed by atoms with van der Waals surface area (Å²) in [6, 6.07) is 8.57. The molecule has 21 heavy (non-hydrogen) atoms. The summed E-state index contributed by atoms with van der Waals surface area (Å²) in [6.45, 7) is 4.89. The minimum atomic E-state index is -0.244. The van der Waals surface area contributed by atoms with E-state index in [0.717, 1.165) is 30.6 Å². The lowest BCUT2D eigenvalue weighted by Crippen LogP contribution is -2.34. The van der Waals surface area contributed by atoms with Gasteiger partial charge < -0.3 is 9.64 Å². The molecule has 112 valence electrons. The van der Waals surface area contributed by atoms with Crippen LogP contribution in [0.5, 0.6) is 5.75 Å². The monoisotopic (exact) mass is 286 g/mol. The second-order valence-electron chi connectivity index (χ2n) is 6.62. The first-order chi connectivity index (χ1) is 10.1. The van der Waals surface area contributed by atoms with E-state index in [1.807, 2.05) is 19.1 Å². The first-order valence-electron chi connectivity index (χ1n) is 7.98. The summed E-state index contributed by atoms with van der Waals surface area (Å²) in [6.07, 6.45) is 3.14. The number of nitrogens with zero attached hydrogens (tertiary/aromatic N) is 1. The maximum atomic E-state index is 12.7. The van der Waals surface area contributed by atoms with Gasteiger partial charge in [-0.2, -0.15) is 0 Å². The van der Waals surface area contributed by atoms with E-state index in [4.69, 9.17) is 4.74 Å². The fraction of sp³-hybridized carbons (Fsp3) is 0.588. The highest BCUT2D eigenvalue weighted by molar-refractivity contribution is 5.92. The van der Waals surface area contributed by atoms with E-state index in [1.165, 1.54) is 0 Å². The summed E-state index contributed by atoms with van der Waals surface area (Å²) in [5.41, 5.74) is 0.917. The minimum absolute atomic E-state index is 0.0330. The Bertz CT molecular complexity index is 565. The molecule has 0 bridgehead atoms. The number of ether oxygens (including phenoxy) is 1. The molecule has 2 aliphatic carbocycles. The highest BCUT2D eigenvalue weighted by atomic mass is 16.5. The Hall–Kier alpha value is -1.55. The average Bonchev–Trinajstić information content (AvgIpc) is 3.37. The first-order valence-corrected chi connectivity index (χ1v) is 7.98. The zero-order chi connectivity index (χ0) is 14.6. The van der Waals surface area contributed by atoms with Crippen molar-refractivity contribution in [1.82, 2.24) is 10.2 Å². The maximum absolute atomic E-state index is 12.7. The van der Waals surface area contributed by atoms with Gasteiger partial charge in [0.1, 0.15) is 17.5 Å². The summed E-state index contributed by atoms with van der Waals surface area (Å²) in [4.78, 5) is 14.8. The number of benzene rings is 1. The highest BCUT2D eigenvalue weighted by Gasteiger charge is 2.62. The normalized spacial score (nSPS) is 32.6. The summed E-state index contributed by atoms with van der Waals surface area (Å²) < 4.78 is 5.50. The van der Waals surface area contributed by atoms with Crippen molar-refractivity contribution in [2.45, 2.75) is 50.9 Å². The molecule has 1 aromatic carbocycles. The third-order valence-corrected chi connectivity index (χ3v) is 5.02. The molecule has 1 saturated heterocycles. The van der Waals surface area contributed by atoms with Gasteiger partial charge in [0.05, 0.1) is 6.61 Å². The van der Waals surface area contributed by atoms with Crippen LogP contribution in [0.15, 0.2) is 24.3 Å². The summed E-state index contributed by atoms with van der Waals surface area (Å²) in [5.74, 6) is 1.84. The summed E-state index contributed by atoms with van der Waals surface area (Å²) in [5, 5.41) is 3.59. The van der Waals surface area contributed by atoms with E-state index < -0.39 is 0 Å². The van der Waals surface area contributed by atoms with Crippen molar-refractivity contribution in [2.24, 2.45) is 5.92 Å². The minimum Gasteiger partial charge on any atom is -0.494 e. The van der Waals surface area contributed by atoms with E-state index in [9.17, 15) is 4.79 Å². The van der Waals surface area contributed by atoms with Crippen LogP contribution in [0.2, 0.25) is 0 Å². The van der Waals surface area contributed by atoms with Gasteiger partial charge in [0.2, 0.25) is 5.91 Å². The number of amides is 1. The molecule has 4 rings (SSSR count). The Morgan fingerprint density at radius 3 is 2.52 bits per heavy atom. The Labute approximate surface area is 125 Å². The molecule has 1 heterocycles. The van der Waals surface area contributed by atoms with Crippen LogP contribution in [-0.2, 0) is 4.79 Å². The van der Waals surface area contributed by atoms with Crippen LogP contribution in [0.25, 0.3) is 0 Å². The number of nitrogens with one attached hydrogen (secondary N) is 1. The zero-order valence-electron chi connectivity index (χ0n) is 12.6. The van der Waals surface area contributed by atoms with Crippen LogP contribution in [0.3, 0.4) is 0 Å². The first kappa shape index (κ1) is 13.1. The number of carbonyl (C=O) groups is 1. The van der Waals surface area contributed by atoms with Gasteiger partial charge in [-0.1, -0.05) is 19.1 Å². The fourth-order valence-electron chi connectivity index (χ4n) is 3.43. The molecule has 1 aliphatic heterocycles. The van der Waals surface area contributed by atoms with Crippen molar-refractivity contribution in [3.05, 3.63) is 29.8 Å². The van der Waals surface area contributed by atoms with Gasteiger partial charge in [0, 0.05) is 6.04 Å². The molecule has 3 fully saturated rings. The molecule has 1 aromatic rings. The quantitative estimate of drug-likeness (QED) is 0.924. The largest absolute Gasteiger partial charge is 0.494 e. The van der Waals surface area contributed by atoms with Crippen LogP contribution < -0.4 is 10.1 Å². The standard InChI is InChI=1S/C17H22N2O2/c1-3-21-13-6-4-12(5-7-13)15-18-17(8-9-17)16(20)19(15)14-10-11(14)2/h4-7,11,14-15,18H,3,8-10H2,1-2H3. The van der Waals surface area contributed by atoms with Gasteiger partial charge >= 0.3 is 0 Å². The number of rotatable bonds is 4. The van der Waals surface area contributed by atoms with Crippen molar-refractivity contribution in [2.75, 3.05) is 6.61 Å². The molecule has 1 spiro atoms. The van der Waals surface area contributed by atoms with Crippen molar-refractivity contribution < 1.29 is 9.53 Å². The van der Waals surface area contributed by atoms with Crippen LogP contribution >= 0.6 is 0 Å². The second kappa shape index (κ2) is 4.47. The topological polar surface area (TPSA) is 41.6 Å². The fourth-order valence-corrected chi connectivity index (χ4v) is 3.43. The zero-order valence-corrected chi connectivity index (χ0v) is 12.6. The third-order valence-electron chi connectivity index (χ3n) is 5.02. The lowest BCUT2D eigenvalue weighted by molar-refractivity contribution is -0.131. The molecule has 4 nitrogen and oxygen atoms in total. The van der Waals surface area contributed by atoms with E-state index >= 15 is 0 Å². The highest BCUT2D eigenvalue weighted by Crippen LogP contribution is 2.51. The van der Waals surface area contributed by atoms with Crippen LogP contribution in [-0.4, -0.2) is 29.0 Å². The molecule has 2 saturated carbocycles. The molecule has 3 atom stereocenters. The Balaban J connectivity index is 1.61. The van der Waals surface area contributed by atoms with Gasteiger partial charge in [0.15, 0.2) is 0 Å². The smallest absolute Gasteiger partial charge is 0.244 e. The van der Waals surface area contributed by atoms with Crippen molar-refractivity contribution in [3.63, 3.8) is 0 Å². The van der Waals surface area contributed by atoms with Gasteiger partial charge in [-0.05, 0) is 49.8 Å². The van der Waals surface area contributed by atoms with Crippen molar-refractivity contribution >= 4 is 5.91 Å². The molecule has 1 amide bonds. The Morgan fingerprint density at radius 2 is 2.00 bits per heavy atom. The van der Waals surface area contributed by atoms with Crippen LogP contribution in [0.1, 0.15) is 44.8 Å². The van der Waals surface area contributed by atoms with Gasteiger partial charge in [0.25, 0.3) is 0 Å². The van der Waals surface area contributed by atoms with E-state index in [1.54, 1.807) is 0 Å². The number of hydrogen-bond donors (Lipinski definition) is 1. The predicted octanol–water partition coefficient (Wildman–Crippen LogP) is 2.46. The maximum Gasteiger partial charge on any atom is 0.244 e. The third kappa shape index (κ3) is 2.04. The van der Waals surface area contributed by atoms with Gasteiger partial charge in [-0.3, -0.25) is 10.1 Å². The lowest BCUT2D eigenvalue weighted by Gasteiger charge is -2.25. The van der Waals surface area contributed by atoms with Crippen molar-refractivity contribution in [1.29, 1.82) is 0 Å². The van der Waals surface area contributed by atoms with Crippen molar-refractivity contribution in [3.8, 4) is 5.75 Å². The Kier molecular flexibility index (Phi) is 2.80.